The third kappa shape index (κ3) is 9.10. The number of aromatic nitrogens is 1. The molecule has 0 aliphatic heterocycles. The number of benzene rings is 2. The minimum Gasteiger partial charge on any atom is -0.496 e. The minimum atomic E-state index is -0.798. The molecule has 1 atom stereocenters. The quantitative estimate of drug-likeness (QED) is 0.246. The van der Waals surface area contributed by atoms with Crippen molar-refractivity contribution in [2.45, 2.75) is 25.9 Å². The molecule has 0 bridgehead atoms. The second-order valence-corrected chi connectivity index (χ2v) is 8.31. The summed E-state index contributed by atoms with van der Waals surface area (Å²) in [5, 5.41) is 19.4. The molecule has 40 heavy (non-hydrogen) atoms. The summed E-state index contributed by atoms with van der Waals surface area (Å²) < 4.78 is 20.6. The fourth-order valence-electron chi connectivity index (χ4n) is 3.39. The van der Waals surface area contributed by atoms with E-state index >= 15 is 0 Å². The number of hydrogen-bond donors (Lipinski definition) is 4. The lowest BCUT2D eigenvalue weighted by molar-refractivity contribution is 0.127. The molecule has 0 aliphatic rings. The van der Waals surface area contributed by atoms with Crippen molar-refractivity contribution in [2.24, 2.45) is 0 Å². The van der Waals surface area contributed by atoms with Gasteiger partial charge < -0.3 is 39.9 Å². The first-order valence-corrected chi connectivity index (χ1v) is 11.9. The van der Waals surface area contributed by atoms with Crippen LogP contribution in [-0.2, 0) is 16.0 Å². The normalized spacial score (nSPS) is 10.8. The zero-order valence-corrected chi connectivity index (χ0v) is 21.9. The van der Waals surface area contributed by atoms with Crippen molar-refractivity contribution >= 4 is 29.6 Å². The Morgan fingerprint density at radius 3 is 2.58 bits per heavy atom. The van der Waals surface area contributed by atoms with Crippen LogP contribution in [0.3, 0.4) is 0 Å². The summed E-state index contributed by atoms with van der Waals surface area (Å²) in [6.07, 6.45) is 1.24. The number of urea groups is 1. The topological polar surface area (TPSA) is 177 Å². The fourth-order valence-corrected chi connectivity index (χ4v) is 3.39. The highest BCUT2D eigenvalue weighted by Crippen LogP contribution is 2.32. The van der Waals surface area contributed by atoms with Crippen LogP contribution in [0.25, 0.3) is 11.3 Å². The molecule has 0 spiro atoms. The van der Waals surface area contributed by atoms with Gasteiger partial charge in [0.1, 0.15) is 12.4 Å². The van der Waals surface area contributed by atoms with E-state index in [1.54, 1.807) is 48.7 Å². The van der Waals surface area contributed by atoms with E-state index in [1.807, 2.05) is 6.07 Å². The van der Waals surface area contributed by atoms with E-state index in [1.165, 1.54) is 20.4 Å². The van der Waals surface area contributed by atoms with Gasteiger partial charge in [0.25, 0.3) is 0 Å². The number of amides is 4. The van der Waals surface area contributed by atoms with Crippen molar-refractivity contribution < 1.29 is 33.0 Å². The van der Waals surface area contributed by atoms with E-state index in [9.17, 15) is 14.4 Å². The molecular formula is C27H28N6O7. The number of nitrogens with zero attached hydrogens (tertiary/aromatic N) is 2. The van der Waals surface area contributed by atoms with Gasteiger partial charge in [0.15, 0.2) is 12.2 Å². The van der Waals surface area contributed by atoms with Crippen molar-refractivity contribution in [2.75, 3.05) is 24.4 Å². The van der Waals surface area contributed by atoms with E-state index < -0.39 is 24.3 Å². The van der Waals surface area contributed by atoms with Crippen molar-refractivity contribution in [3.05, 3.63) is 73.0 Å². The van der Waals surface area contributed by atoms with Gasteiger partial charge >= 0.3 is 18.2 Å². The van der Waals surface area contributed by atoms with Crippen molar-refractivity contribution in [3.8, 4) is 23.1 Å². The molecule has 2 aromatic carbocycles. The number of hydrogen-bond acceptors (Lipinski definition) is 9. The number of allylic oxidation sites excluding steroid dienone is 1. The average molecular weight is 549 g/mol. The summed E-state index contributed by atoms with van der Waals surface area (Å²) in [6, 6.07) is 12.6. The maximum atomic E-state index is 12.6. The second kappa shape index (κ2) is 14.4. The Morgan fingerprint density at radius 1 is 1.12 bits per heavy atom. The molecule has 3 rings (SSSR count). The van der Waals surface area contributed by atoms with Gasteiger partial charge in [0.2, 0.25) is 0 Å². The Kier molecular flexibility index (Phi) is 10.5. The summed E-state index contributed by atoms with van der Waals surface area (Å²) in [7, 11) is 1.51. The lowest BCUT2D eigenvalue weighted by Gasteiger charge is -2.16. The minimum absolute atomic E-state index is 0.0905. The molecule has 0 saturated carbocycles. The molecule has 0 unspecified atom stereocenters. The number of oxazole rings is 1. The van der Waals surface area contributed by atoms with Crippen LogP contribution in [0.15, 0.2) is 71.8 Å². The van der Waals surface area contributed by atoms with Crippen LogP contribution in [0.4, 0.5) is 25.8 Å². The molecule has 13 heteroatoms. The number of carbonyl (C=O) groups is 3. The van der Waals surface area contributed by atoms with Gasteiger partial charge in [-0.25, -0.2) is 19.4 Å². The third-order valence-corrected chi connectivity index (χ3v) is 5.12. The standard InChI is InChI=1S/C27H28N6O7/c1-17(2)40-27(36)33-21(9-10-28)15-38-26(35)30-13-18-5-4-6-19(11-18)31-25(34)32-20-7-8-22(23(12-20)37-3)24-14-29-16-39-24/h4-8,11-12,14,16,21H,1,9,13,15H2,2-3H3,(H,30,35)(H,33,36)(H2,31,32,34)/t21-/m0/s1. The average Bonchev–Trinajstić information content (AvgIpc) is 3.45. The maximum Gasteiger partial charge on any atom is 0.412 e. The number of rotatable bonds is 11. The van der Waals surface area contributed by atoms with Gasteiger partial charge in [0, 0.05) is 24.0 Å². The zero-order chi connectivity index (χ0) is 28.9. The second-order valence-electron chi connectivity index (χ2n) is 8.31. The molecule has 0 fully saturated rings. The van der Waals surface area contributed by atoms with Crippen LogP contribution in [0.1, 0.15) is 18.9 Å². The highest BCUT2D eigenvalue weighted by Gasteiger charge is 2.16. The molecule has 1 heterocycles. The van der Waals surface area contributed by atoms with Crippen LogP contribution in [0.5, 0.6) is 5.75 Å². The first kappa shape index (κ1) is 29.1. The molecule has 0 radical (unpaired) electrons. The molecule has 208 valence electrons. The molecule has 0 aliphatic carbocycles. The predicted octanol–water partition coefficient (Wildman–Crippen LogP) is 4.76. The van der Waals surface area contributed by atoms with Crippen molar-refractivity contribution in [1.29, 1.82) is 5.26 Å². The summed E-state index contributed by atoms with van der Waals surface area (Å²) in [6.45, 7) is 4.81. The number of methoxy groups -OCH3 is 1. The molecule has 13 nitrogen and oxygen atoms in total. The van der Waals surface area contributed by atoms with Crippen LogP contribution in [0.2, 0.25) is 0 Å². The van der Waals surface area contributed by atoms with Crippen molar-refractivity contribution in [3.63, 3.8) is 0 Å². The number of anilines is 2. The van der Waals surface area contributed by atoms with Crippen LogP contribution in [0, 0.1) is 11.3 Å². The Morgan fingerprint density at radius 2 is 1.90 bits per heavy atom. The first-order valence-electron chi connectivity index (χ1n) is 11.9. The zero-order valence-electron chi connectivity index (χ0n) is 21.9. The van der Waals surface area contributed by atoms with Crippen LogP contribution < -0.4 is 26.0 Å². The summed E-state index contributed by atoms with van der Waals surface area (Å²) in [5.74, 6) is 1.21. The monoisotopic (exact) mass is 548 g/mol. The van der Waals surface area contributed by atoms with Gasteiger partial charge in [-0.2, -0.15) is 5.26 Å². The first-order chi connectivity index (χ1) is 19.3. The molecule has 4 amide bonds. The van der Waals surface area contributed by atoms with Crippen LogP contribution >= 0.6 is 0 Å². The predicted molar refractivity (Wildman–Crippen MR) is 144 cm³/mol. The van der Waals surface area contributed by atoms with Gasteiger partial charge in [-0.3, -0.25) is 0 Å². The van der Waals surface area contributed by atoms with E-state index in [0.29, 0.717) is 34.0 Å². The van der Waals surface area contributed by atoms with E-state index in [4.69, 9.17) is 23.9 Å². The highest BCUT2D eigenvalue weighted by molar-refractivity contribution is 6.00. The molecule has 1 aromatic heterocycles. The van der Waals surface area contributed by atoms with Gasteiger partial charge in [0.05, 0.1) is 43.2 Å². The number of nitriles is 1. The Hall–Kier alpha value is -5.51. The van der Waals surface area contributed by atoms with Gasteiger partial charge in [-0.05, 0) is 36.8 Å². The largest absolute Gasteiger partial charge is 0.496 e. The van der Waals surface area contributed by atoms with E-state index in [-0.39, 0.29) is 25.3 Å². The number of nitrogens with one attached hydrogen (secondary N) is 4. The molecule has 3 aromatic rings. The number of ether oxygens (including phenoxy) is 3. The SMILES string of the molecule is C=C(C)OC(=O)N[C@@H](CC#N)COC(=O)NCc1cccc(NC(=O)Nc2ccc(-c3cnco3)c(OC)c2)c1. The fraction of sp³-hybridized carbons (Fsp3) is 0.222. The van der Waals surface area contributed by atoms with Gasteiger partial charge in [-0.1, -0.05) is 18.7 Å². The smallest absolute Gasteiger partial charge is 0.412 e. The molecule has 4 N–H and O–H groups in total. The van der Waals surface area contributed by atoms with E-state index in [2.05, 4.69) is 32.8 Å². The number of carbonyl (C=O) groups excluding carboxylic acids is 3. The van der Waals surface area contributed by atoms with E-state index in [0.717, 1.165) is 0 Å². The summed E-state index contributed by atoms with van der Waals surface area (Å²) in [5.41, 5.74) is 2.36. The summed E-state index contributed by atoms with van der Waals surface area (Å²) in [4.78, 5) is 40.3. The van der Waals surface area contributed by atoms with Crippen molar-refractivity contribution in [1.82, 2.24) is 15.6 Å². The lowest BCUT2D eigenvalue weighted by atomic mass is 10.1. The number of alkyl carbamates (subject to hydrolysis) is 2. The summed E-state index contributed by atoms with van der Waals surface area (Å²) >= 11 is 0. The Bertz CT molecular complexity index is 1380. The third-order valence-electron chi connectivity index (χ3n) is 5.12. The van der Waals surface area contributed by atoms with Crippen LogP contribution in [-0.4, -0.2) is 43.0 Å². The molecular weight excluding hydrogens is 520 g/mol. The maximum absolute atomic E-state index is 12.6. The highest BCUT2D eigenvalue weighted by atomic mass is 16.6. The Balaban J connectivity index is 1.49. The Labute approximate surface area is 230 Å². The molecule has 0 saturated heterocycles. The van der Waals surface area contributed by atoms with Gasteiger partial charge in [-0.15, -0.1) is 0 Å². The lowest BCUT2D eigenvalue weighted by Crippen LogP contribution is -2.39.